The zero-order chi connectivity index (χ0) is 20.2. The van der Waals surface area contributed by atoms with Crippen LogP contribution in [0, 0.1) is 5.82 Å². The molecule has 1 aliphatic rings. The minimum Gasteiger partial charge on any atom is -0.443 e. The van der Waals surface area contributed by atoms with Gasteiger partial charge in [-0.2, -0.15) is 0 Å². The van der Waals surface area contributed by atoms with Crippen molar-refractivity contribution in [1.82, 2.24) is 0 Å². The maximum absolute atomic E-state index is 14.7. The molecule has 1 saturated heterocycles. The topological polar surface area (TPSA) is 88.5 Å². The number of carbonyl (C=O) groups excluding carboxylic acids is 2. The van der Waals surface area contributed by atoms with Crippen LogP contribution in [0.3, 0.4) is 0 Å². The highest BCUT2D eigenvalue weighted by molar-refractivity contribution is 7.75. The monoisotopic (exact) mass is 402 g/mol. The molecule has 2 amide bonds. The maximum atomic E-state index is 14.7. The lowest BCUT2D eigenvalue weighted by Crippen LogP contribution is -2.39. The first-order chi connectivity index (χ1) is 12.7. The summed E-state index contributed by atoms with van der Waals surface area (Å²) in [6.45, 7) is 4.97. The van der Waals surface area contributed by atoms with E-state index in [9.17, 15) is 14.0 Å². The summed E-state index contributed by atoms with van der Waals surface area (Å²) in [6, 6.07) is 3.97. The molecule has 0 unspecified atom stereocenters. The first-order valence-electron chi connectivity index (χ1n) is 8.31. The van der Waals surface area contributed by atoms with Crippen LogP contribution < -0.4 is 9.80 Å². The Kier molecular flexibility index (Phi) is 6.90. The highest BCUT2D eigenvalue weighted by Gasteiger charge is 2.33. The Labute approximate surface area is 162 Å². The lowest BCUT2D eigenvalue weighted by Gasteiger charge is -2.27. The second kappa shape index (κ2) is 8.77. The van der Waals surface area contributed by atoms with E-state index in [0.29, 0.717) is 0 Å². The van der Waals surface area contributed by atoms with Gasteiger partial charge in [-0.3, -0.25) is 9.80 Å². The van der Waals surface area contributed by atoms with Gasteiger partial charge in [-0.15, -0.1) is 0 Å². The van der Waals surface area contributed by atoms with E-state index in [2.05, 4.69) is 17.1 Å². The van der Waals surface area contributed by atoms with Crippen LogP contribution in [0.1, 0.15) is 20.8 Å². The van der Waals surface area contributed by atoms with Crippen molar-refractivity contribution >= 4 is 36.5 Å². The van der Waals surface area contributed by atoms with Crippen molar-refractivity contribution in [3.05, 3.63) is 24.0 Å². The summed E-state index contributed by atoms with van der Waals surface area (Å²) in [5.41, 5.74) is -0.525. The molecule has 1 aromatic rings. The number of anilines is 2. The molecule has 8 nitrogen and oxygen atoms in total. The molecule has 0 aromatic heterocycles. The van der Waals surface area contributed by atoms with Gasteiger partial charge in [0.05, 0.1) is 37.7 Å². The third kappa shape index (κ3) is 5.47. The number of aliphatic hydroxyl groups excluding tert-OH is 1. The number of rotatable bonds is 6. The average molecular weight is 402 g/mol. The molecule has 1 aromatic carbocycles. The van der Waals surface area contributed by atoms with Gasteiger partial charge in [-0.05, 0) is 51.9 Å². The molecule has 1 N–H and O–H groups in total. The van der Waals surface area contributed by atoms with E-state index in [4.69, 9.17) is 14.6 Å². The van der Waals surface area contributed by atoms with Crippen LogP contribution in [-0.4, -0.2) is 55.3 Å². The minimum absolute atomic E-state index is 0.0209. The fraction of sp³-hybridized carbons (Fsp3) is 0.529. The van der Waals surface area contributed by atoms with Gasteiger partial charge in [0.2, 0.25) is 0 Å². The van der Waals surface area contributed by atoms with E-state index in [1.54, 1.807) is 20.8 Å². The Bertz CT molecular complexity index is 696. The molecule has 2 rings (SSSR count). The van der Waals surface area contributed by atoms with Gasteiger partial charge in [-0.25, -0.2) is 14.0 Å². The largest absolute Gasteiger partial charge is 0.443 e. The first-order valence-corrected chi connectivity index (χ1v) is 8.68. The lowest BCUT2D eigenvalue weighted by atomic mass is 10.2. The molecule has 27 heavy (non-hydrogen) atoms. The van der Waals surface area contributed by atoms with Gasteiger partial charge in [0.1, 0.15) is 17.5 Å². The van der Waals surface area contributed by atoms with Crippen molar-refractivity contribution in [2.24, 2.45) is 0 Å². The third-order valence-electron chi connectivity index (χ3n) is 3.63. The SMILES string of the molecule is CC(C)(C)OC(=O)N(CCOS)c1ccc(N2C[C@H](CO)OC2=O)cc1F. The summed E-state index contributed by atoms with van der Waals surface area (Å²) in [4.78, 5) is 26.6. The van der Waals surface area contributed by atoms with E-state index in [0.717, 1.165) is 11.0 Å². The number of hydrogen-bond donors (Lipinski definition) is 2. The number of aliphatic hydroxyl groups is 1. The van der Waals surface area contributed by atoms with Crippen molar-refractivity contribution in [2.45, 2.75) is 32.5 Å². The lowest BCUT2D eigenvalue weighted by molar-refractivity contribution is 0.0575. The fourth-order valence-electron chi connectivity index (χ4n) is 2.47. The number of carbonyl (C=O) groups is 2. The molecule has 0 radical (unpaired) electrons. The number of ether oxygens (including phenoxy) is 2. The number of benzene rings is 1. The second-order valence-corrected chi connectivity index (χ2v) is 7.16. The van der Waals surface area contributed by atoms with Gasteiger partial charge >= 0.3 is 12.2 Å². The van der Waals surface area contributed by atoms with Crippen LogP contribution in [0.5, 0.6) is 0 Å². The maximum Gasteiger partial charge on any atom is 0.414 e. The Morgan fingerprint density at radius 1 is 1.48 bits per heavy atom. The van der Waals surface area contributed by atoms with Crippen LogP contribution in [0.4, 0.5) is 25.4 Å². The zero-order valence-electron chi connectivity index (χ0n) is 15.3. The van der Waals surface area contributed by atoms with Crippen LogP contribution in [0.25, 0.3) is 0 Å². The standard InChI is InChI=1S/C17H23FN2O6S/c1-17(2,3)26-16(23)19(6-7-24-27)14-5-4-11(8-13(14)18)20-9-12(10-21)25-15(20)22/h4-5,8,12,21,27H,6-7,9-10H2,1-3H3/t12-/m1/s1. The molecule has 0 spiro atoms. The number of amides is 2. The van der Waals surface area contributed by atoms with Crippen molar-refractivity contribution in [3.8, 4) is 0 Å². The van der Waals surface area contributed by atoms with Gasteiger partial charge in [0, 0.05) is 0 Å². The van der Waals surface area contributed by atoms with Crippen LogP contribution in [0.15, 0.2) is 18.2 Å². The summed E-state index contributed by atoms with van der Waals surface area (Å²) in [6.07, 6.45) is -2.07. The normalized spacial score (nSPS) is 17.0. The van der Waals surface area contributed by atoms with E-state index in [1.807, 2.05) is 0 Å². The highest BCUT2D eigenvalue weighted by atomic mass is 32.1. The molecule has 1 aliphatic heterocycles. The van der Waals surface area contributed by atoms with Crippen molar-refractivity contribution < 1.29 is 32.7 Å². The predicted octanol–water partition coefficient (Wildman–Crippen LogP) is 2.75. The van der Waals surface area contributed by atoms with Crippen molar-refractivity contribution in [3.63, 3.8) is 0 Å². The Hall–Kier alpha value is -2.04. The summed E-state index contributed by atoms with van der Waals surface area (Å²) < 4.78 is 29.7. The highest BCUT2D eigenvalue weighted by Crippen LogP contribution is 2.29. The molecule has 1 fully saturated rings. The molecular formula is C17H23FN2O6S. The van der Waals surface area contributed by atoms with E-state index in [-0.39, 0.29) is 37.7 Å². The van der Waals surface area contributed by atoms with Gasteiger partial charge in [-0.1, -0.05) is 0 Å². The van der Waals surface area contributed by atoms with E-state index in [1.165, 1.54) is 17.0 Å². The van der Waals surface area contributed by atoms with Gasteiger partial charge in [0.15, 0.2) is 0 Å². The summed E-state index contributed by atoms with van der Waals surface area (Å²) in [5.74, 6) is -0.724. The van der Waals surface area contributed by atoms with Crippen molar-refractivity contribution in [2.75, 3.05) is 36.1 Å². The number of thiol groups is 1. The molecule has 150 valence electrons. The number of hydrogen-bond acceptors (Lipinski definition) is 7. The number of nitrogens with zero attached hydrogens (tertiary/aromatic N) is 2. The Morgan fingerprint density at radius 2 is 2.19 bits per heavy atom. The first kappa shape index (κ1) is 21.3. The quantitative estimate of drug-likeness (QED) is 0.562. The number of cyclic esters (lactones) is 1. The van der Waals surface area contributed by atoms with Crippen molar-refractivity contribution in [1.29, 1.82) is 0 Å². The third-order valence-corrected chi connectivity index (χ3v) is 3.81. The molecule has 10 heteroatoms. The van der Waals surface area contributed by atoms with E-state index >= 15 is 0 Å². The predicted molar refractivity (Wildman–Crippen MR) is 99.6 cm³/mol. The summed E-state index contributed by atoms with van der Waals surface area (Å²) in [5, 5.41) is 9.10. The molecular weight excluding hydrogens is 379 g/mol. The second-order valence-electron chi connectivity index (χ2n) is 6.90. The number of halogens is 1. The molecule has 0 saturated carbocycles. The molecule has 1 heterocycles. The molecule has 0 bridgehead atoms. The molecule has 0 aliphatic carbocycles. The fourth-order valence-corrected chi connectivity index (χ4v) is 2.55. The van der Waals surface area contributed by atoms with E-state index < -0.39 is 29.7 Å². The van der Waals surface area contributed by atoms with Crippen LogP contribution in [0.2, 0.25) is 0 Å². The summed E-state index contributed by atoms with van der Waals surface area (Å²) in [7, 11) is 0. The van der Waals surface area contributed by atoms with Gasteiger partial charge in [0.25, 0.3) is 0 Å². The minimum atomic E-state index is -0.758. The van der Waals surface area contributed by atoms with Crippen LogP contribution in [-0.2, 0) is 13.7 Å². The van der Waals surface area contributed by atoms with Crippen LogP contribution >= 0.6 is 12.9 Å². The Balaban J connectivity index is 2.26. The smallest absolute Gasteiger partial charge is 0.414 e. The van der Waals surface area contributed by atoms with Gasteiger partial charge < -0.3 is 18.8 Å². The Morgan fingerprint density at radius 3 is 2.70 bits per heavy atom. The average Bonchev–Trinajstić information content (AvgIpc) is 2.95. The summed E-state index contributed by atoms with van der Waals surface area (Å²) >= 11 is 3.64. The zero-order valence-corrected chi connectivity index (χ0v) is 16.2. The molecule has 1 atom stereocenters.